The molecule has 9 rings (SSSR count). The number of hydrogen-bond acceptors (Lipinski definition) is 46. The normalized spacial score (nSPS) is 49.3. The first kappa shape index (κ1) is 93.1. The molecule has 9 aliphatic heterocycles. The van der Waals surface area contributed by atoms with Crippen molar-refractivity contribution >= 4 is 23.6 Å². The molecule has 9 fully saturated rings. The van der Waals surface area contributed by atoms with Crippen molar-refractivity contribution in [1.29, 1.82) is 0 Å². The molecule has 0 radical (unpaired) electrons. The summed E-state index contributed by atoms with van der Waals surface area (Å²) in [6.45, 7) is -4.84. The molecule has 654 valence electrons. The number of carbonyl (C=O) groups excluding carboxylic acids is 4. The molecule has 45 atom stereocenters. The van der Waals surface area contributed by atoms with Gasteiger partial charge in [-0.05, 0) is 6.92 Å². The fraction of sp³-hybridized carbons (Fsp3) is 0.937. The van der Waals surface area contributed by atoms with E-state index in [0.717, 1.165) is 27.7 Å². The first-order valence-electron chi connectivity index (χ1n) is 36.1. The molecule has 29 N–H and O–H groups in total. The van der Waals surface area contributed by atoms with E-state index in [9.17, 15) is 147 Å². The summed E-state index contributed by atoms with van der Waals surface area (Å²) in [6, 6.07) is -7.30. The summed E-state index contributed by atoms with van der Waals surface area (Å²) < 4.78 is 101. The largest absolute Gasteiger partial charge is 0.394 e. The van der Waals surface area contributed by atoms with Gasteiger partial charge in [-0.25, -0.2) is 0 Å². The van der Waals surface area contributed by atoms with Crippen molar-refractivity contribution in [1.82, 2.24) is 21.3 Å². The molecule has 0 aromatic carbocycles. The quantitative estimate of drug-likeness (QED) is 0.0309. The predicted molar refractivity (Wildman–Crippen MR) is 348 cm³/mol. The predicted octanol–water partition coefficient (Wildman–Crippen LogP) is -19.7. The van der Waals surface area contributed by atoms with E-state index in [0.29, 0.717) is 0 Å². The van der Waals surface area contributed by atoms with Crippen LogP contribution in [0.2, 0.25) is 0 Å². The second kappa shape index (κ2) is 40.1. The Labute approximate surface area is 640 Å². The van der Waals surface area contributed by atoms with E-state index in [-0.39, 0.29) is 0 Å². The van der Waals surface area contributed by atoms with Gasteiger partial charge in [0.15, 0.2) is 50.3 Å². The van der Waals surface area contributed by atoms with E-state index in [1.165, 1.54) is 6.92 Å². The van der Waals surface area contributed by atoms with Gasteiger partial charge in [-0.2, -0.15) is 0 Å². The summed E-state index contributed by atoms with van der Waals surface area (Å²) >= 11 is 0. The molecular formula is C63H106N4O46. The maximum atomic E-state index is 13.0. The Balaban J connectivity index is 1.06. The van der Waals surface area contributed by atoms with Crippen LogP contribution in [-0.2, 0) is 99.7 Å². The van der Waals surface area contributed by atoms with E-state index < -0.39 is 359 Å². The Morgan fingerprint density at radius 3 is 1.03 bits per heavy atom. The highest BCUT2D eigenvalue weighted by atomic mass is 16.8. The van der Waals surface area contributed by atoms with Crippen LogP contribution in [0.5, 0.6) is 0 Å². The highest BCUT2D eigenvalue weighted by molar-refractivity contribution is 5.74. The molecule has 0 spiro atoms. The van der Waals surface area contributed by atoms with E-state index in [4.69, 9.17) is 80.5 Å². The molecule has 9 heterocycles. The third-order valence-electron chi connectivity index (χ3n) is 20.8. The molecule has 18 unspecified atom stereocenters. The highest BCUT2D eigenvalue weighted by Gasteiger charge is 2.64. The number of rotatable bonds is 29. The minimum Gasteiger partial charge on any atom is -0.394 e. The minimum atomic E-state index is -3.59. The molecule has 0 aliphatic carbocycles. The molecule has 0 aromatic heterocycles. The average Bonchev–Trinajstić information content (AvgIpc) is 0.738. The van der Waals surface area contributed by atoms with Crippen molar-refractivity contribution < 1.29 is 227 Å². The minimum absolute atomic E-state index is 0.663. The van der Waals surface area contributed by atoms with Gasteiger partial charge in [0.2, 0.25) is 29.4 Å². The standard InChI is InChI=1S/C63H106N4O46/c1-15-29(64-16(2)76)38(85)48(24(10-72)98-15)107-57-32(67-19(5)79)54(95)63(96,28(13-75)106-57)113-60-47(94)51(110-62-53(44(91)36(83)23(9-71)102-62)112-56-31(66-18(4)78)40(87)50(26(12-74)104-56)109-59-46(93)42(89)34(81)21(7-69)100-59)37(84)27(105-60)14-97-61-52(43(90)35(82)22(8-70)101-61)111-55-30(65-17(3)77)39(86)49(25(11-73)103-55)108-58-45(92)41(88)33(80)20(6-68)99-58/h15,20-62,68-75,80-96H,6-14H2,1-5H3,(H,64,76)(H,65,77)(H,66,78)(H,67,79)/t15-,20?,21?,22?,23+,24?,25-,26?,27?,28?,29?,30?,31?,32?,33-,34-,35+,36+,37+,38+,39?,40+,41-,42-,43-,44?,45?,46?,47?,48+,49+,50+,51-,52?,53?,54+,55-,56-,57-,58-,59-,60-,61-,62+,63+/m0/s1. The van der Waals surface area contributed by atoms with Crippen LogP contribution in [0.1, 0.15) is 34.6 Å². The van der Waals surface area contributed by atoms with Gasteiger partial charge in [0, 0.05) is 27.7 Å². The third kappa shape index (κ3) is 20.1. The van der Waals surface area contributed by atoms with Crippen molar-refractivity contribution in [3.63, 3.8) is 0 Å². The Kier molecular flexibility index (Phi) is 33.0. The molecule has 50 heteroatoms. The first-order chi connectivity index (χ1) is 53.4. The summed E-state index contributed by atoms with van der Waals surface area (Å²) in [5.74, 6) is -7.18. The van der Waals surface area contributed by atoms with Gasteiger partial charge in [0.05, 0.1) is 71.6 Å². The summed E-state index contributed by atoms with van der Waals surface area (Å²) in [5, 5.41) is 289. The van der Waals surface area contributed by atoms with Crippen LogP contribution >= 0.6 is 0 Å². The lowest BCUT2D eigenvalue weighted by atomic mass is 9.90. The Morgan fingerprint density at radius 2 is 0.611 bits per heavy atom. The van der Waals surface area contributed by atoms with E-state index in [1.807, 2.05) is 0 Å². The summed E-state index contributed by atoms with van der Waals surface area (Å²) in [5.41, 5.74) is 0. The second-order valence-electron chi connectivity index (χ2n) is 28.7. The Morgan fingerprint density at radius 1 is 0.292 bits per heavy atom. The van der Waals surface area contributed by atoms with Crippen molar-refractivity contribution in [2.24, 2.45) is 0 Å². The molecule has 4 amide bonds. The third-order valence-corrected chi connectivity index (χ3v) is 20.8. The van der Waals surface area contributed by atoms with Crippen molar-refractivity contribution in [3.05, 3.63) is 0 Å². The summed E-state index contributed by atoms with van der Waals surface area (Å²) in [7, 11) is 0. The topological polar surface area (TPSA) is 779 Å². The fourth-order valence-corrected chi connectivity index (χ4v) is 14.7. The van der Waals surface area contributed by atoms with Crippen LogP contribution in [0.15, 0.2) is 0 Å². The maximum Gasteiger partial charge on any atom is 0.226 e. The number of amides is 4. The lowest BCUT2D eigenvalue weighted by Gasteiger charge is -2.53. The van der Waals surface area contributed by atoms with E-state index in [1.54, 1.807) is 0 Å². The lowest BCUT2D eigenvalue weighted by molar-refractivity contribution is -0.442. The molecule has 0 aromatic rings. The summed E-state index contributed by atoms with van der Waals surface area (Å²) in [6.07, 6.45) is -83.9. The molecule has 9 saturated heterocycles. The number of ether oxygens (including phenoxy) is 17. The van der Waals surface area contributed by atoms with Crippen LogP contribution in [-0.4, -0.2) is 486 Å². The fourth-order valence-electron chi connectivity index (χ4n) is 14.7. The lowest BCUT2D eigenvalue weighted by Crippen LogP contribution is -2.75. The van der Waals surface area contributed by atoms with Gasteiger partial charge in [0.1, 0.15) is 207 Å². The monoisotopic (exact) mass is 1650 g/mol. The molecule has 0 bridgehead atoms. The van der Waals surface area contributed by atoms with Gasteiger partial charge in [-0.15, -0.1) is 0 Å². The number of aliphatic hydroxyl groups excluding tert-OH is 24. The van der Waals surface area contributed by atoms with Crippen molar-refractivity contribution in [3.8, 4) is 0 Å². The van der Waals surface area contributed by atoms with Crippen molar-refractivity contribution in [2.75, 3.05) is 59.5 Å². The zero-order valence-electron chi connectivity index (χ0n) is 61.0. The molecular weight excluding hydrogens is 1550 g/mol. The number of carbonyl (C=O) groups is 4. The molecule has 9 aliphatic rings. The van der Waals surface area contributed by atoms with Crippen LogP contribution in [0.25, 0.3) is 0 Å². The zero-order valence-corrected chi connectivity index (χ0v) is 61.0. The number of aliphatic hydroxyl groups is 25. The van der Waals surface area contributed by atoms with Crippen LogP contribution in [0.4, 0.5) is 0 Å². The Hall–Kier alpha value is -3.80. The van der Waals surface area contributed by atoms with Gasteiger partial charge in [-0.3, -0.25) is 19.2 Å². The van der Waals surface area contributed by atoms with E-state index in [2.05, 4.69) is 21.3 Å². The van der Waals surface area contributed by atoms with Crippen LogP contribution < -0.4 is 21.3 Å². The molecule has 0 saturated carbocycles. The average molecular weight is 1660 g/mol. The number of hydrogen-bond donors (Lipinski definition) is 29. The molecule has 50 nitrogen and oxygen atoms in total. The number of nitrogens with one attached hydrogen (secondary N) is 4. The SMILES string of the molecule is CC(=O)NC1C(O)[C@H](O[C@@H]2OC(CO)[C@H](O)[C@H](O)C2O)[C@H](CO)O[C@H]1OC1[C@@H](OCC2O[C@@H](O[C@]3(O)C(CO)O[C@@H](O[C@@H]4C(CO)O[C@@H](C)C(NC(C)=O)[C@H]4O)C(NC(C)=O)[C@H]3O)C(O)[C@@H](O[C@H]3O[C@H](CO)[C@@H](O)C(O)C3O[C@@H]3OC(CO)[C@@H](O[C@@H]4OC(CO)[C@H](O)[C@H](O)C4O)[C@H](O)C3NC(C)=O)[C@@H]2O)OC(CO)[C@@H](O)[C@@H]1O. The van der Waals surface area contributed by atoms with Gasteiger partial charge >= 0.3 is 0 Å². The highest BCUT2D eigenvalue weighted by Crippen LogP contribution is 2.42. The Bertz CT molecular complexity index is 3020. The van der Waals surface area contributed by atoms with Crippen LogP contribution in [0.3, 0.4) is 0 Å². The first-order valence-corrected chi connectivity index (χ1v) is 36.1. The van der Waals surface area contributed by atoms with Gasteiger partial charge in [0.25, 0.3) is 0 Å². The second-order valence-corrected chi connectivity index (χ2v) is 28.7. The van der Waals surface area contributed by atoms with Gasteiger partial charge in [-0.1, -0.05) is 0 Å². The van der Waals surface area contributed by atoms with Crippen LogP contribution in [0, 0.1) is 0 Å². The van der Waals surface area contributed by atoms with Crippen molar-refractivity contribution in [2.45, 2.75) is 310 Å². The zero-order chi connectivity index (χ0) is 83.4. The van der Waals surface area contributed by atoms with Gasteiger partial charge < -0.3 is 229 Å². The molecule has 113 heavy (non-hydrogen) atoms. The maximum absolute atomic E-state index is 13.0. The smallest absolute Gasteiger partial charge is 0.226 e. The van der Waals surface area contributed by atoms with E-state index >= 15 is 0 Å². The summed E-state index contributed by atoms with van der Waals surface area (Å²) in [4.78, 5) is 51.1.